The fourth-order valence-electron chi connectivity index (χ4n) is 4.07. The van der Waals surface area contributed by atoms with Crippen LogP contribution in [0.4, 0.5) is 5.69 Å². The van der Waals surface area contributed by atoms with Crippen molar-refractivity contribution in [3.8, 4) is 5.75 Å². The molecule has 5 rings (SSSR count). The molecule has 4 heteroatoms. The molecular formula is C20H14ClNO2. The second-order valence-corrected chi connectivity index (χ2v) is 6.76. The molecule has 1 atom stereocenters. The van der Waals surface area contributed by atoms with E-state index in [1.54, 1.807) is 4.90 Å². The molecule has 1 amide bonds. The molecule has 2 heterocycles. The van der Waals surface area contributed by atoms with Crippen molar-refractivity contribution < 1.29 is 9.53 Å². The molecule has 2 aliphatic rings. The molecular weight excluding hydrogens is 322 g/mol. The van der Waals surface area contributed by atoms with E-state index >= 15 is 0 Å². The second kappa shape index (κ2) is 4.52. The van der Waals surface area contributed by atoms with Crippen molar-refractivity contribution in [3.05, 3.63) is 70.7 Å². The van der Waals surface area contributed by atoms with E-state index < -0.39 is 5.41 Å². The number of hydrogen-bond donors (Lipinski definition) is 0. The van der Waals surface area contributed by atoms with Crippen LogP contribution in [-0.2, 0) is 10.2 Å². The molecule has 3 nitrogen and oxygen atoms in total. The monoisotopic (exact) mass is 335 g/mol. The summed E-state index contributed by atoms with van der Waals surface area (Å²) >= 11 is 6.53. The molecule has 0 saturated heterocycles. The lowest BCUT2D eigenvalue weighted by Gasteiger charge is -2.21. The Labute approximate surface area is 144 Å². The Bertz CT molecular complexity index is 1030. The molecule has 118 valence electrons. The molecule has 0 N–H and O–H groups in total. The Kier molecular flexibility index (Phi) is 2.61. The first-order valence-corrected chi connectivity index (χ1v) is 8.24. The Balaban J connectivity index is 1.89. The summed E-state index contributed by atoms with van der Waals surface area (Å²) in [6.07, 6.45) is 0. The summed E-state index contributed by atoms with van der Waals surface area (Å²) in [4.78, 5) is 14.9. The minimum absolute atomic E-state index is 0.0359. The largest absolute Gasteiger partial charge is 0.491 e. The number of amides is 1. The van der Waals surface area contributed by atoms with Gasteiger partial charge in [0.1, 0.15) is 17.8 Å². The molecule has 0 radical (unpaired) electrons. The molecule has 1 unspecified atom stereocenters. The summed E-state index contributed by atoms with van der Waals surface area (Å²) < 4.78 is 6.07. The van der Waals surface area contributed by atoms with Gasteiger partial charge in [-0.2, -0.15) is 0 Å². The number of fused-ring (bicyclic) bond motifs is 6. The Hall–Kier alpha value is -2.52. The third kappa shape index (κ3) is 1.46. The van der Waals surface area contributed by atoms with Crippen LogP contribution in [0.25, 0.3) is 10.8 Å². The SMILES string of the molecule is CN1C(=O)C2(COc3c2cc(Cl)c2ccccc32)c2ccccc21. The number of nitrogens with zero attached hydrogens (tertiary/aromatic N) is 1. The summed E-state index contributed by atoms with van der Waals surface area (Å²) in [5.74, 6) is 0.808. The third-order valence-corrected chi connectivity index (χ3v) is 5.55. The van der Waals surface area contributed by atoms with Crippen LogP contribution in [0, 0.1) is 0 Å². The van der Waals surface area contributed by atoms with Crippen LogP contribution in [0.5, 0.6) is 5.75 Å². The number of rotatable bonds is 0. The summed E-state index contributed by atoms with van der Waals surface area (Å²) in [6.45, 7) is 0.312. The lowest BCUT2D eigenvalue weighted by atomic mass is 9.76. The summed E-state index contributed by atoms with van der Waals surface area (Å²) in [5.41, 5.74) is 1.99. The van der Waals surface area contributed by atoms with E-state index in [-0.39, 0.29) is 5.91 Å². The number of benzene rings is 3. The predicted molar refractivity (Wildman–Crippen MR) is 95.1 cm³/mol. The molecule has 0 fully saturated rings. The van der Waals surface area contributed by atoms with Crippen molar-refractivity contribution in [1.29, 1.82) is 0 Å². The quantitative estimate of drug-likeness (QED) is 0.617. The first-order valence-electron chi connectivity index (χ1n) is 7.87. The van der Waals surface area contributed by atoms with Crippen molar-refractivity contribution >= 4 is 34.0 Å². The number of anilines is 1. The number of ether oxygens (including phenoxy) is 1. The van der Waals surface area contributed by atoms with E-state index in [0.717, 1.165) is 33.3 Å². The van der Waals surface area contributed by atoms with Gasteiger partial charge in [-0.15, -0.1) is 0 Å². The maximum Gasteiger partial charge on any atom is 0.245 e. The number of likely N-dealkylation sites (N-methyl/N-ethyl adjacent to an activating group) is 1. The average Bonchev–Trinajstić information content (AvgIpc) is 3.10. The van der Waals surface area contributed by atoms with Gasteiger partial charge in [-0.3, -0.25) is 4.79 Å². The number of carbonyl (C=O) groups is 1. The number of para-hydroxylation sites is 1. The van der Waals surface area contributed by atoms with E-state index in [1.165, 1.54) is 0 Å². The van der Waals surface area contributed by atoms with E-state index in [2.05, 4.69) is 0 Å². The van der Waals surface area contributed by atoms with E-state index in [9.17, 15) is 4.79 Å². The maximum atomic E-state index is 13.2. The minimum Gasteiger partial charge on any atom is -0.491 e. The highest BCUT2D eigenvalue weighted by Crippen LogP contribution is 2.54. The van der Waals surface area contributed by atoms with E-state index in [4.69, 9.17) is 16.3 Å². The van der Waals surface area contributed by atoms with Crippen LogP contribution in [0.15, 0.2) is 54.6 Å². The van der Waals surface area contributed by atoms with Gasteiger partial charge in [-0.05, 0) is 17.7 Å². The molecule has 0 bridgehead atoms. The van der Waals surface area contributed by atoms with Crippen molar-refractivity contribution in [3.63, 3.8) is 0 Å². The zero-order chi connectivity index (χ0) is 16.5. The van der Waals surface area contributed by atoms with E-state index in [1.807, 2.05) is 61.6 Å². The highest BCUT2D eigenvalue weighted by molar-refractivity contribution is 6.36. The Morgan fingerprint density at radius 1 is 1.04 bits per heavy atom. The van der Waals surface area contributed by atoms with Crippen LogP contribution in [0.1, 0.15) is 11.1 Å². The van der Waals surface area contributed by atoms with Gasteiger partial charge in [0.2, 0.25) is 5.91 Å². The van der Waals surface area contributed by atoms with Gasteiger partial charge in [-0.1, -0.05) is 54.1 Å². The molecule has 1 spiro atoms. The van der Waals surface area contributed by atoms with E-state index in [0.29, 0.717) is 11.6 Å². The topological polar surface area (TPSA) is 29.5 Å². The van der Waals surface area contributed by atoms with Crippen LogP contribution >= 0.6 is 11.6 Å². The second-order valence-electron chi connectivity index (χ2n) is 6.36. The van der Waals surface area contributed by atoms with Gasteiger partial charge < -0.3 is 9.64 Å². The first kappa shape index (κ1) is 13.9. The van der Waals surface area contributed by atoms with Crippen LogP contribution < -0.4 is 9.64 Å². The van der Waals surface area contributed by atoms with Crippen LogP contribution in [0.3, 0.4) is 0 Å². The standard InChI is InChI=1S/C20H14ClNO2/c1-22-17-9-5-4-8-14(17)20(19(22)23)11-24-18-13-7-3-2-6-12(13)16(21)10-15(18)20/h2-10H,11H2,1H3. The van der Waals surface area contributed by atoms with Gasteiger partial charge in [0.25, 0.3) is 0 Å². The smallest absolute Gasteiger partial charge is 0.245 e. The Morgan fingerprint density at radius 3 is 2.58 bits per heavy atom. The first-order chi connectivity index (χ1) is 11.6. The maximum absolute atomic E-state index is 13.2. The fourth-order valence-corrected chi connectivity index (χ4v) is 4.35. The van der Waals surface area contributed by atoms with Gasteiger partial charge in [0, 0.05) is 34.1 Å². The molecule has 0 aliphatic carbocycles. The van der Waals surface area contributed by atoms with Gasteiger partial charge in [0.15, 0.2) is 0 Å². The van der Waals surface area contributed by atoms with Crippen molar-refractivity contribution in [2.75, 3.05) is 18.6 Å². The molecule has 0 saturated carbocycles. The fraction of sp³-hybridized carbons (Fsp3) is 0.150. The van der Waals surface area contributed by atoms with Crippen LogP contribution in [0.2, 0.25) is 5.02 Å². The van der Waals surface area contributed by atoms with Gasteiger partial charge >= 0.3 is 0 Å². The summed E-state index contributed by atoms with van der Waals surface area (Å²) in [6, 6.07) is 17.7. The van der Waals surface area contributed by atoms with Gasteiger partial charge in [0.05, 0.1) is 0 Å². The Morgan fingerprint density at radius 2 is 1.75 bits per heavy atom. The minimum atomic E-state index is -0.797. The summed E-state index contributed by atoms with van der Waals surface area (Å²) in [5, 5.41) is 2.55. The lowest BCUT2D eigenvalue weighted by Crippen LogP contribution is -2.40. The van der Waals surface area contributed by atoms with Crippen LogP contribution in [-0.4, -0.2) is 19.6 Å². The van der Waals surface area contributed by atoms with Gasteiger partial charge in [-0.25, -0.2) is 0 Å². The predicted octanol–water partition coefficient (Wildman–Crippen LogP) is 4.15. The highest BCUT2D eigenvalue weighted by Gasteiger charge is 2.56. The average molecular weight is 336 g/mol. The number of hydrogen-bond acceptors (Lipinski definition) is 2. The normalized spacial score (nSPS) is 21.2. The molecule has 2 aliphatic heterocycles. The lowest BCUT2D eigenvalue weighted by molar-refractivity contribution is -0.121. The molecule has 3 aromatic rings. The molecule has 3 aromatic carbocycles. The third-order valence-electron chi connectivity index (χ3n) is 5.23. The summed E-state index contributed by atoms with van der Waals surface area (Å²) in [7, 11) is 1.82. The molecule has 0 aromatic heterocycles. The highest BCUT2D eigenvalue weighted by atomic mass is 35.5. The van der Waals surface area contributed by atoms with Crippen molar-refractivity contribution in [2.24, 2.45) is 0 Å². The zero-order valence-corrected chi connectivity index (χ0v) is 13.8. The van der Waals surface area contributed by atoms with Crippen molar-refractivity contribution in [2.45, 2.75) is 5.41 Å². The zero-order valence-electron chi connectivity index (χ0n) is 13.0. The molecule has 24 heavy (non-hydrogen) atoms. The van der Waals surface area contributed by atoms with Crippen molar-refractivity contribution in [1.82, 2.24) is 0 Å². The number of halogens is 1. The number of carbonyl (C=O) groups excluding carboxylic acids is 1.